The number of aromatic nitrogens is 3. The van der Waals surface area contributed by atoms with E-state index >= 15 is 0 Å². The van der Waals surface area contributed by atoms with Crippen LogP contribution in [0.2, 0.25) is 0 Å². The summed E-state index contributed by atoms with van der Waals surface area (Å²) in [6.45, 7) is 5.54. The number of phenolic OH excluding ortho intramolecular Hbond substituents is 1. The van der Waals surface area contributed by atoms with Crippen molar-refractivity contribution in [2.24, 2.45) is 4.99 Å². The number of benzene rings is 1. The molecule has 0 spiro atoms. The Morgan fingerprint density at radius 1 is 1.24 bits per heavy atom. The van der Waals surface area contributed by atoms with E-state index in [-0.39, 0.29) is 11.6 Å². The zero-order valence-corrected chi connectivity index (χ0v) is 14.4. The molecule has 130 valence electrons. The summed E-state index contributed by atoms with van der Waals surface area (Å²) in [4.78, 5) is 4.04. The SMILES string of the molecule is CN=C(NO)c1[nH]nc(-c2ccc(O)cc2C)c1-c1c(C)noc1C. The van der Waals surface area contributed by atoms with E-state index in [1.807, 2.05) is 20.8 Å². The first-order chi connectivity index (χ1) is 12.0. The van der Waals surface area contributed by atoms with E-state index < -0.39 is 0 Å². The number of rotatable bonds is 3. The molecule has 0 aliphatic rings. The number of aromatic amines is 1. The van der Waals surface area contributed by atoms with Gasteiger partial charge in [-0.25, -0.2) is 0 Å². The first-order valence-electron chi connectivity index (χ1n) is 7.66. The molecule has 8 heteroatoms. The third-order valence-corrected chi connectivity index (χ3v) is 4.08. The average Bonchev–Trinajstić information content (AvgIpc) is 3.12. The lowest BCUT2D eigenvalue weighted by Crippen LogP contribution is -2.21. The Labute approximate surface area is 144 Å². The molecular weight excluding hydrogens is 322 g/mol. The standard InChI is InChI=1S/C17H19N5O3/c1-8-7-11(23)5-6-12(8)15-14(13-9(2)22-25-10(13)3)16(20-19-15)17(18-4)21-24/h5-7,23-24H,1-4H3,(H,18,21)(H,19,20). The number of hydroxylamine groups is 1. The van der Waals surface area contributed by atoms with Crippen molar-refractivity contribution < 1.29 is 14.8 Å². The molecule has 8 nitrogen and oxygen atoms in total. The Morgan fingerprint density at radius 2 is 2.00 bits per heavy atom. The lowest BCUT2D eigenvalue weighted by Gasteiger charge is -2.09. The van der Waals surface area contributed by atoms with Gasteiger partial charge in [0.05, 0.1) is 11.3 Å². The molecular formula is C17H19N5O3. The number of hydrogen-bond acceptors (Lipinski definition) is 6. The minimum Gasteiger partial charge on any atom is -0.508 e. The van der Waals surface area contributed by atoms with Crippen molar-refractivity contribution in [2.75, 3.05) is 7.05 Å². The second kappa shape index (κ2) is 6.40. The van der Waals surface area contributed by atoms with Crippen LogP contribution in [0.15, 0.2) is 27.7 Å². The summed E-state index contributed by atoms with van der Waals surface area (Å²) in [5.74, 6) is 1.06. The molecule has 4 N–H and O–H groups in total. The van der Waals surface area contributed by atoms with Crippen LogP contribution in [0.5, 0.6) is 5.75 Å². The Morgan fingerprint density at radius 3 is 2.56 bits per heavy atom. The smallest absolute Gasteiger partial charge is 0.170 e. The lowest BCUT2D eigenvalue weighted by atomic mass is 9.95. The van der Waals surface area contributed by atoms with Crippen molar-refractivity contribution >= 4 is 5.84 Å². The van der Waals surface area contributed by atoms with Gasteiger partial charge < -0.3 is 9.63 Å². The first-order valence-corrected chi connectivity index (χ1v) is 7.66. The number of hydrogen-bond donors (Lipinski definition) is 4. The Kier molecular flexibility index (Phi) is 4.28. The number of amidine groups is 1. The van der Waals surface area contributed by atoms with Gasteiger partial charge in [0.2, 0.25) is 0 Å². The van der Waals surface area contributed by atoms with Gasteiger partial charge in [0.1, 0.15) is 22.9 Å². The van der Waals surface area contributed by atoms with E-state index in [2.05, 4.69) is 25.8 Å². The fraction of sp³-hybridized carbons (Fsp3) is 0.235. The van der Waals surface area contributed by atoms with Gasteiger partial charge in [-0.05, 0) is 44.5 Å². The number of nitrogens with zero attached hydrogens (tertiary/aromatic N) is 3. The normalized spacial score (nSPS) is 11.8. The highest BCUT2D eigenvalue weighted by Gasteiger charge is 2.26. The average molecular weight is 341 g/mol. The van der Waals surface area contributed by atoms with Gasteiger partial charge in [0, 0.05) is 18.2 Å². The van der Waals surface area contributed by atoms with E-state index in [4.69, 9.17) is 4.52 Å². The van der Waals surface area contributed by atoms with Gasteiger partial charge in [-0.2, -0.15) is 5.10 Å². The van der Waals surface area contributed by atoms with E-state index in [0.29, 0.717) is 28.4 Å². The molecule has 0 amide bonds. The highest BCUT2D eigenvalue weighted by atomic mass is 16.5. The molecule has 0 saturated carbocycles. The molecule has 25 heavy (non-hydrogen) atoms. The Hall–Kier alpha value is -3.13. The minimum atomic E-state index is 0.184. The third-order valence-electron chi connectivity index (χ3n) is 4.08. The first kappa shape index (κ1) is 16.7. The zero-order valence-electron chi connectivity index (χ0n) is 14.4. The summed E-state index contributed by atoms with van der Waals surface area (Å²) in [6, 6.07) is 5.06. The monoisotopic (exact) mass is 341 g/mol. The fourth-order valence-corrected chi connectivity index (χ4v) is 2.92. The maximum Gasteiger partial charge on any atom is 0.170 e. The highest BCUT2D eigenvalue weighted by Crippen LogP contribution is 2.38. The number of aliphatic imine (C=N–C) groups is 1. The molecule has 0 aliphatic carbocycles. The van der Waals surface area contributed by atoms with Crippen molar-refractivity contribution in [3.05, 3.63) is 40.9 Å². The molecule has 0 saturated heterocycles. The summed E-state index contributed by atoms with van der Waals surface area (Å²) in [5, 5.41) is 30.5. The molecule has 0 aliphatic heterocycles. The molecule has 2 aromatic heterocycles. The van der Waals surface area contributed by atoms with Crippen molar-refractivity contribution in [1.82, 2.24) is 20.8 Å². The summed E-state index contributed by atoms with van der Waals surface area (Å²) < 4.78 is 5.31. The second-order valence-corrected chi connectivity index (χ2v) is 5.70. The van der Waals surface area contributed by atoms with Crippen LogP contribution in [0.1, 0.15) is 22.7 Å². The Balaban J connectivity index is 2.34. The number of nitrogens with one attached hydrogen (secondary N) is 2. The summed E-state index contributed by atoms with van der Waals surface area (Å²) in [6.07, 6.45) is 0. The van der Waals surface area contributed by atoms with E-state index in [0.717, 1.165) is 16.7 Å². The number of aromatic hydroxyl groups is 1. The molecule has 0 fully saturated rings. The maximum absolute atomic E-state index is 9.68. The van der Waals surface area contributed by atoms with E-state index in [9.17, 15) is 10.3 Å². The predicted octanol–water partition coefficient (Wildman–Crippen LogP) is 2.72. The van der Waals surface area contributed by atoms with Crippen LogP contribution in [0.4, 0.5) is 0 Å². The van der Waals surface area contributed by atoms with Crippen LogP contribution in [-0.2, 0) is 0 Å². The van der Waals surface area contributed by atoms with Crippen LogP contribution in [0.3, 0.4) is 0 Å². The number of phenols is 1. The molecule has 0 bridgehead atoms. The van der Waals surface area contributed by atoms with Crippen LogP contribution in [0.25, 0.3) is 22.4 Å². The molecule has 3 aromatic rings. The quantitative estimate of drug-likeness (QED) is 0.330. The minimum absolute atomic E-state index is 0.184. The van der Waals surface area contributed by atoms with Gasteiger partial charge in [0.15, 0.2) is 5.84 Å². The third kappa shape index (κ3) is 2.76. The molecule has 0 unspecified atom stereocenters. The van der Waals surface area contributed by atoms with Crippen molar-refractivity contribution in [3.8, 4) is 28.1 Å². The molecule has 0 radical (unpaired) electrons. The van der Waals surface area contributed by atoms with Crippen molar-refractivity contribution in [3.63, 3.8) is 0 Å². The van der Waals surface area contributed by atoms with Crippen molar-refractivity contribution in [2.45, 2.75) is 20.8 Å². The fourth-order valence-electron chi connectivity index (χ4n) is 2.92. The summed E-state index contributed by atoms with van der Waals surface area (Å²) in [5.41, 5.74) is 7.14. The van der Waals surface area contributed by atoms with Crippen LogP contribution < -0.4 is 5.48 Å². The number of H-pyrrole nitrogens is 1. The molecule has 2 heterocycles. The summed E-state index contributed by atoms with van der Waals surface area (Å²) in [7, 11) is 1.56. The van der Waals surface area contributed by atoms with Crippen molar-refractivity contribution in [1.29, 1.82) is 0 Å². The number of aryl methyl sites for hydroxylation is 3. The zero-order chi connectivity index (χ0) is 18.1. The summed E-state index contributed by atoms with van der Waals surface area (Å²) >= 11 is 0. The van der Waals surface area contributed by atoms with Crippen LogP contribution in [-0.4, -0.2) is 38.6 Å². The highest BCUT2D eigenvalue weighted by molar-refractivity contribution is 6.05. The topological polar surface area (TPSA) is 120 Å². The van der Waals surface area contributed by atoms with Gasteiger partial charge in [0.25, 0.3) is 0 Å². The largest absolute Gasteiger partial charge is 0.508 e. The van der Waals surface area contributed by atoms with Gasteiger partial charge >= 0.3 is 0 Å². The van der Waals surface area contributed by atoms with Gasteiger partial charge in [-0.3, -0.25) is 20.8 Å². The second-order valence-electron chi connectivity index (χ2n) is 5.70. The van der Waals surface area contributed by atoms with Crippen LogP contribution in [0, 0.1) is 20.8 Å². The Bertz CT molecular complexity index is 936. The van der Waals surface area contributed by atoms with E-state index in [1.54, 1.807) is 25.2 Å². The van der Waals surface area contributed by atoms with Crippen LogP contribution >= 0.6 is 0 Å². The maximum atomic E-state index is 9.68. The molecule has 0 atom stereocenters. The predicted molar refractivity (Wildman–Crippen MR) is 92.8 cm³/mol. The van der Waals surface area contributed by atoms with Gasteiger partial charge in [-0.1, -0.05) is 5.16 Å². The molecule has 1 aromatic carbocycles. The van der Waals surface area contributed by atoms with E-state index in [1.165, 1.54) is 0 Å². The van der Waals surface area contributed by atoms with Gasteiger partial charge in [-0.15, -0.1) is 0 Å². The molecule has 3 rings (SSSR count). The lowest BCUT2D eigenvalue weighted by molar-refractivity contribution is 0.234.